The lowest BCUT2D eigenvalue weighted by Crippen LogP contribution is -2.52. The molecule has 0 saturated heterocycles. The summed E-state index contributed by atoms with van der Waals surface area (Å²) in [6, 6.07) is 12.1. The topological polar surface area (TPSA) is 46.2 Å². The fourth-order valence-corrected chi connectivity index (χ4v) is 2.49. The van der Waals surface area contributed by atoms with E-state index in [9.17, 15) is 14.0 Å². The standard InChI is InChI=1S/C20H21ClFNO2/c1-19(2,3)18(25)23-20(4,14-6-5-7-16(22)12-14)17(24)13-8-10-15(21)11-9-13/h5-12H,1-4H3,(H,23,25)/t20-/m0/s1. The molecule has 0 heterocycles. The van der Waals surface area contributed by atoms with Crippen LogP contribution in [0.1, 0.15) is 43.6 Å². The highest BCUT2D eigenvalue weighted by Crippen LogP contribution is 2.29. The molecule has 0 spiro atoms. The largest absolute Gasteiger partial charge is 0.339 e. The molecule has 0 fully saturated rings. The fourth-order valence-electron chi connectivity index (χ4n) is 2.36. The number of halogens is 2. The maximum Gasteiger partial charge on any atom is 0.226 e. The molecule has 0 unspecified atom stereocenters. The van der Waals surface area contributed by atoms with E-state index in [-0.39, 0.29) is 11.7 Å². The second kappa shape index (κ2) is 6.96. The van der Waals surface area contributed by atoms with Crippen molar-refractivity contribution in [3.8, 4) is 0 Å². The minimum Gasteiger partial charge on any atom is -0.339 e. The lowest BCUT2D eigenvalue weighted by molar-refractivity contribution is -0.130. The molecular weight excluding hydrogens is 341 g/mol. The first kappa shape index (κ1) is 19.1. The Bertz CT molecular complexity index is 796. The van der Waals surface area contributed by atoms with E-state index < -0.39 is 16.8 Å². The molecule has 1 atom stereocenters. The number of hydrogen-bond acceptors (Lipinski definition) is 2. The Kier molecular flexibility index (Phi) is 5.33. The van der Waals surface area contributed by atoms with Crippen LogP contribution >= 0.6 is 11.6 Å². The summed E-state index contributed by atoms with van der Waals surface area (Å²) in [7, 11) is 0. The summed E-state index contributed by atoms with van der Waals surface area (Å²) >= 11 is 5.88. The minimum absolute atomic E-state index is 0.304. The Balaban J connectivity index is 2.53. The Hall–Kier alpha value is -2.20. The number of hydrogen-bond donors (Lipinski definition) is 1. The number of carbonyl (C=O) groups excluding carboxylic acids is 2. The molecule has 2 aromatic carbocycles. The third-order valence-corrected chi connectivity index (χ3v) is 4.26. The maximum absolute atomic E-state index is 13.7. The van der Waals surface area contributed by atoms with Gasteiger partial charge >= 0.3 is 0 Å². The first-order valence-corrected chi connectivity index (χ1v) is 8.31. The predicted molar refractivity (Wildman–Crippen MR) is 97.1 cm³/mol. The summed E-state index contributed by atoms with van der Waals surface area (Å²) in [6.45, 7) is 6.84. The van der Waals surface area contributed by atoms with Gasteiger partial charge in [-0.15, -0.1) is 0 Å². The van der Waals surface area contributed by atoms with Gasteiger partial charge < -0.3 is 5.32 Å². The number of benzene rings is 2. The van der Waals surface area contributed by atoms with Gasteiger partial charge in [-0.25, -0.2) is 4.39 Å². The molecule has 1 amide bonds. The SMILES string of the molecule is CC(C)(C)C(=O)N[C@](C)(C(=O)c1ccc(Cl)cc1)c1cccc(F)c1. The Morgan fingerprint density at radius 3 is 2.12 bits per heavy atom. The molecule has 0 bridgehead atoms. The molecule has 0 saturated carbocycles. The van der Waals surface area contributed by atoms with Gasteiger partial charge in [0.1, 0.15) is 11.4 Å². The van der Waals surface area contributed by atoms with Gasteiger partial charge in [0.25, 0.3) is 0 Å². The van der Waals surface area contributed by atoms with Crippen LogP contribution in [0.4, 0.5) is 4.39 Å². The molecule has 2 rings (SSSR count). The lowest BCUT2D eigenvalue weighted by Gasteiger charge is -2.33. The van der Waals surface area contributed by atoms with E-state index in [0.29, 0.717) is 16.1 Å². The van der Waals surface area contributed by atoms with Gasteiger partial charge in [0, 0.05) is 16.0 Å². The van der Waals surface area contributed by atoms with Gasteiger partial charge in [-0.3, -0.25) is 9.59 Å². The van der Waals surface area contributed by atoms with E-state index >= 15 is 0 Å². The van der Waals surface area contributed by atoms with Crippen molar-refractivity contribution in [3.05, 3.63) is 70.5 Å². The highest BCUT2D eigenvalue weighted by molar-refractivity contribution is 6.30. The minimum atomic E-state index is -1.40. The van der Waals surface area contributed by atoms with Crippen LogP contribution in [-0.2, 0) is 10.3 Å². The van der Waals surface area contributed by atoms with Crippen LogP contribution in [0.15, 0.2) is 48.5 Å². The smallest absolute Gasteiger partial charge is 0.226 e. The predicted octanol–water partition coefficient (Wildman–Crippen LogP) is 4.74. The summed E-state index contributed by atoms with van der Waals surface area (Å²) in [5, 5.41) is 3.30. The summed E-state index contributed by atoms with van der Waals surface area (Å²) in [5.74, 6) is -1.12. The molecule has 0 aromatic heterocycles. The van der Waals surface area contributed by atoms with E-state index in [2.05, 4.69) is 5.32 Å². The van der Waals surface area contributed by atoms with Gasteiger partial charge in [0.15, 0.2) is 5.78 Å². The summed E-state index contributed by atoms with van der Waals surface area (Å²) in [4.78, 5) is 25.7. The van der Waals surface area contributed by atoms with Crippen LogP contribution in [-0.4, -0.2) is 11.7 Å². The number of carbonyl (C=O) groups is 2. The van der Waals surface area contributed by atoms with E-state index in [1.165, 1.54) is 18.2 Å². The van der Waals surface area contributed by atoms with Crippen molar-refractivity contribution >= 4 is 23.3 Å². The highest BCUT2D eigenvalue weighted by atomic mass is 35.5. The molecule has 0 aliphatic heterocycles. The van der Waals surface area contributed by atoms with Gasteiger partial charge in [0.05, 0.1) is 0 Å². The summed E-state index contributed by atoms with van der Waals surface area (Å²) in [6.07, 6.45) is 0. The average molecular weight is 362 g/mol. The van der Waals surface area contributed by atoms with Crippen molar-refractivity contribution < 1.29 is 14.0 Å². The maximum atomic E-state index is 13.7. The van der Waals surface area contributed by atoms with Crippen LogP contribution < -0.4 is 5.32 Å². The zero-order valence-corrected chi connectivity index (χ0v) is 15.4. The fraction of sp³-hybridized carbons (Fsp3) is 0.300. The monoisotopic (exact) mass is 361 g/mol. The average Bonchev–Trinajstić information content (AvgIpc) is 2.54. The Morgan fingerprint density at radius 2 is 1.60 bits per heavy atom. The van der Waals surface area contributed by atoms with E-state index in [4.69, 9.17) is 11.6 Å². The number of amides is 1. The summed E-state index contributed by atoms with van der Waals surface area (Å²) < 4.78 is 13.7. The van der Waals surface area contributed by atoms with Gasteiger partial charge in [0.2, 0.25) is 5.91 Å². The van der Waals surface area contributed by atoms with Crippen molar-refractivity contribution in [3.63, 3.8) is 0 Å². The molecule has 132 valence electrons. The summed E-state index contributed by atoms with van der Waals surface area (Å²) in [5.41, 5.74) is -1.34. The molecule has 5 heteroatoms. The third kappa shape index (κ3) is 4.26. The van der Waals surface area contributed by atoms with Crippen LogP contribution in [0.5, 0.6) is 0 Å². The lowest BCUT2D eigenvalue weighted by atomic mass is 9.82. The molecule has 0 aliphatic rings. The quantitative estimate of drug-likeness (QED) is 0.799. The van der Waals surface area contributed by atoms with Gasteiger partial charge in [-0.1, -0.05) is 44.5 Å². The highest BCUT2D eigenvalue weighted by Gasteiger charge is 2.39. The molecule has 2 aromatic rings. The zero-order valence-electron chi connectivity index (χ0n) is 14.7. The van der Waals surface area contributed by atoms with Gasteiger partial charge in [-0.05, 0) is 48.9 Å². The van der Waals surface area contributed by atoms with E-state index in [1.807, 2.05) is 0 Å². The van der Waals surface area contributed by atoms with Crippen LogP contribution in [0, 0.1) is 11.2 Å². The molecular formula is C20H21ClFNO2. The van der Waals surface area contributed by atoms with Gasteiger partial charge in [-0.2, -0.15) is 0 Å². The number of nitrogens with one attached hydrogen (secondary N) is 1. The molecule has 1 N–H and O–H groups in total. The first-order chi connectivity index (χ1) is 11.5. The van der Waals surface area contributed by atoms with Crippen LogP contribution in [0.2, 0.25) is 5.02 Å². The molecule has 25 heavy (non-hydrogen) atoms. The van der Waals surface area contributed by atoms with Crippen molar-refractivity contribution in [2.75, 3.05) is 0 Å². The zero-order chi connectivity index (χ0) is 18.8. The Morgan fingerprint density at radius 1 is 1.00 bits per heavy atom. The number of Topliss-reactive ketones (excluding diaryl/α,β-unsaturated/α-hetero) is 1. The third-order valence-electron chi connectivity index (χ3n) is 4.01. The normalized spacial score (nSPS) is 13.8. The van der Waals surface area contributed by atoms with Crippen molar-refractivity contribution in [1.29, 1.82) is 0 Å². The van der Waals surface area contributed by atoms with Crippen molar-refractivity contribution in [1.82, 2.24) is 5.32 Å². The van der Waals surface area contributed by atoms with Crippen LogP contribution in [0.25, 0.3) is 0 Å². The number of rotatable bonds is 4. The molecule has 0 radical (unpaired) electrons. The number of ketones is 1. The van der Waals surface area contributed by atoms with Crippen molar-refractivity contribution in [2.45, 2.75) is 33.2 Å². The molecule has 0 aliphatic carbocycles. The first-order valence-electron chi connectivity index (χ1n) is 7.93. The van der Waals surface area contributed by atoms with E-state index in [1.54, 1.807) is 58.0 Å². The molecule has 3 nitrogen and oxygen atoms in total. The second-order valence-corrected chi connectivity index (χ2v) is 7.61. The second-order valence-electron chi connectivity index (χ2n) is 7.18. The van der Waals surface area contributed by atoms with E-state index in [0.717, 1.165) is 0 Å². The van der Waals surface area contributed by atoms with Crippen LogP contribution in [0.3, 0.4) is 0 Å². The Labute approximate surface area is 152 Å². The van der Waals surface area contributed by atoms with Crippen molar-refractivity contribution in [2.24, 2.45) is 5.41 Å².